The van der Waals surface area contributed by atoms with Crippen molar-refractivity contribution in [3.63, 3.8) is 0 Å². The van der Waals surface area contributed by atoms with Gasteiger partial charge in [-0.1, -0.05) is 53.5 Å². The molecule has 0 radical (unpaired) electrons. The fourth-order valence-corrected chi connectivity index (χ4v) is 3.99. The van der Waals surface area contributed by atoms with Crippen LogP contribution in [0.4, 0.5) is 0 Å². The number of halogens is 2. The standard InChI is InChI=1S/C20H14Cl2N6O3/c1-27-12-7-3-2-5-10(12)15(18(23)29)17(27)11-6-4-8-13(16(11)22)28-30-20-19(26-31-28)25-14(21)9-24-20/h2-9H,1H3,(H2,23,29)(H,25,26). The summed E-state index contributed by atoms with van der Waals surface area (Å²) >= 11 is 12.6. The Hall–Kier alpha value is -3.69. The molecule has 0 unspecified atom stereocenters. The van der Waals surface area contributed by atoms with Gasteiger partial charge in [0.1, 0.15) is 10.8 Å². The lowest BCUT2D eigenvalue weighted by atomic mass is 10.0. The first kappa shape index (κ1) is 19.3. The summed E-state index contributed by atoms with van der Waals surface area (Å²) in [6, 6.07) is 12.7. The molecule has 0 fully saturated rings. The molecule has 1 amide bonds. The molecule has 0 aliphatic carbocycles. The van der Waals surface area contributed by atoms with Crippen LogP contribution in [-0.2, 0) is 7.05 Å². The van der Waals surface area contributed by atoms with Crippen LogP contribution in [0.5, 0.6) is 0 Å². The van der Waals surface area contributed by atoms with Crippen molar-refractivity contribution >= 4 is 51.4 Å². The molecule has 0 saturated carbocycles. The van der Waals surface area contributed by atoms with E-state index in [0.717, 1.165) is 15.8 Å². The van der Waals surface area contributed by atoms with E-state index in [1.165, 1.54) is 6.20 Å². The highest BCUT2D eigenvalue weighted by molar-refractivity contribution is 6.35. The summed E-state index contributed by atoms with van der Waals surface area (Å²) in [5.74, 6) is -0.554. The Morgan fingerprint density at radius 2 is 1.97 bits per heavy atom. The first-order chi connectivity index (χ1) is 15.0. The summed E-state index contributed by atoms with van der Waals surface area (Å²) in [6.07, 6.45) is 1.35. The molecule has 0 saturated heterocycles. The first-order valence-electron chi connectivity index (χ1n) is 9.05. The number of H-pyrrole nitrogens is 1. The minimum Gasteiger partial charge on any atom is -0.366 e. The molecule has 0 bridgehead atoms. The molecule has 9 nitrogen and oxygen atoms in total. The fraction of sp³-hybridized carbons (Fsp3) is 0.0500. The van der Waals surface area contributed by atoms with Gasteiger partial charge in [0.25, 0.3) is 11.6 Å². The number of aryl methyl sites for hydroxylation is 1. The molecule has 3 heterocycles. The molecule has 0 atom stereocenters. The number of nitrogens with one attached hydrogen (secondary N) is 1. The first-order valence-corrected chi connectivity index (χ1v) is 9.81. The van der Waals surface area contributed by atoms with Gasteiger partial charge in [0.2, 0.25) is 5.65 Å². The molecule has 0 spiro atoms. The number of hydrogen-bond acceptors (Lipinski definition) is 5. The highest BCUT2D eigenvalue weighted by Gasteiger charge is 2.23. The Bertz CT molecular complexity index is 1520. The van der Waals surface area contributed by atoms with Gasteiger partial charge >= 0.3 is 0 Å². The van der Waals surface area contributed by atoms with Crippen LogP contribution in [0.3, 0.4) is 0 Å². The summed E-state index contributed by atoms with van der Waals surface area (Å²) in [5.41, 5.74) is 8.86. The number of fused-ring (bicyclic) bond motifs is 2. The van der Waals surface area contributed by atoms with Gasteiger partial charge in [-0.15, -0.1) is 0 Å². The van der Waals surface area contributed by atoms with Gasteiger partial charge in [0, 0.05) is 23.5 Å². The van der Waals surface area contributed by atoms with E-state index in [1.54, 1.807) is 18.2 Å². The summed E-state index contributed by atoms with van der Waals surface area (Å²) in [6.45, 7) is 0. The summed E-state index contributed by atoms with van der Waals surface area (Å²) in [5, 5.41) is 3.81. The zero-order chi connectivity index (χ0) is 21.7. The van der Waals surface area contributed by atoms with Gasteiger partial charge < -0.3 is 14.8 Å². The van der Waals surface area contributed by atoms with E-state index in [2.05, 4.69) is 15.1 Å². The highest BCUT2D eigenvalue weighted by atomic mass is 35.5. The van der Waals surface area contributed by atoms with Crippen molar-refractivity contribution in [3.05, 3.63) is 64.4 Å². The van der Waals surface area contributed by atoms with Crippen LogP contribution in [-0.4, -0.2) is 30.5 Å². The number of nitrogens with zero attached hydrogens (tertiary/aromatic N) is 4. The third-order valence-corrected chi connectivity index (χ3v) is 5.47. The number of aromatic amines is 1. The van der Waals surface area contributed by atoms with Crippen molar-refractivity contribution in [2.75, 3.05) is 0 Å². The number of amides is 1. The largest absolute Gasteiger partial charge is 0.366 e. The maximum absolute atomic E-state index is 12.4. The topological polar surface area (TPSA) is 121 Å². The zero-order valence-corrected chi connectivity index (χ0v) is 17.5. The monoisotopic (exact) mass is 456 g/mol. The molecular weight excluding hydrogens is 443 g/mol. The smallest absolute Gasteiger partial charge is 0.296 e. The summed E-state index contributed by atoms with van der Waals surface area (Å²) in [7, 11) is 1.85. The van der Waals surface area contributed by atoms with Crippen molar-refractivity contribution in [3.8, 4) is 16.9 Å². The number of para-hydroxylation sites is 1. The van der Waals surface area contributed by atoms with Gasteiger partial charge in [-0.3, -0.25) is 9.42 Å². The Morgan fingerprint density at radius 3 is 2.77 bits per heavy atom. The molecule has 2 aromatic carbocycles. The average Bonchev–Trinajstić information content (AvgIpc) is 3.06. The quantitative estimate of drug-likeness (QED) is 0.410. The van der Waals surface area contributed by atoms with Crippen LogP contribution >= 0.6 is 23.2 Å². The third-order valence-electron chi connectivity index (χ3n) is 4.89. The minimum absolute atomic E-state index is 0.152. The van der Waals surface area contributed by atoms with Gasteiger partial charge in [-0.05, 0) is 17.0 Å². The van der Waals surface area contributed by atoms with E-state index in [1.807, 2.05) is 35.9 Å². The van der Waals surface area contributed by atoms with Crippen LogP contribution in [0.25, 0.3) is 39.2 Å². The molecule has 31 heavy (non-hydrogen) atoms. The second-order valence-electron chi connectivity index (χ2n) is 6.69. The van der Waals surface area contributed by atoms with Crippen molar-refractivity contribution < 1.29 is 13.9 Å². The van der Waals surface area contributed by atoms with Crippen LogP contribution in [0, 0.1) is 0 Å². The number of primary amides is 1. The van der Waals surface area contributed by atoms with Crippen LogP contribution < -0.4 is 5.73 Å². The molecule has 5 aromatic rings. The van der Waals surface area contributed by atoms with Crippen molar-refractivity contribution in [2.24, 2.45) is 12.8 Å². The van der Waals surface area contributed by atoms with E-state index in [9.17, 15) is 4.79 Å². The molecule has 3 N–H and O–H groups in total. The number of hydrogen-bond donors (Lipinski definition) is 2. The Kier molecular flexibility index (Phi) is 4.49. The molecular formula is C20H14Cl2N6O3. The number of nitrogens with two attached hydrogens (primary N) is 1. The number of carbonyl (C=O) groups is 1. The van der Waals surface area contributed by atoms with Crippen LogP contribution in [0.15, 0.2) is 57.8 Å². The van der Waals surface area contributed by atoms with Crippen molar-refractivity contribution in [2.45, 2.75) is 0 Å². The van der Waals surface area contributed by atoms with Gasteiger partial charge in [0.15, 0.2) is 0 Å². The van der Waals surface area contributed by atoms with Gasteiger partial charge in [-0.25, -0.2) is 9.97 Å². The van der Waals surface area contributed by atoms with E-state index in [0.29, 0.717) is 22.5 Å². The van der Waals surface area contributed by atoms with E-state index >= 15 is 0 Å². The third kappa shape index (κ3) is 3.06. The molecule has 11 heteroatoms. The lowest BCUT2D eigenvalue weighted by Crippen LogP contribution is -2.12. The molecule has 0 aliphatic heterocycles. The average molecular weight is 457 g/mol. The minimum atomic E-state index is -0.554. The Balaban J connectivity index is 1.75. The van der Waals surface area contributed by atoms with E-state index in [-0.39, 0.29) is 21.5 Å². The second kappa shape index (κ2) is 7.22. The molecule has 5 rings (SSSR count). The molecule has 156 valence electrons. The van der Waals surface area contributed by atoms with Crippen LogP contribution in [0.1, 0.15) is 10.4 Å². The SMILES string of the molecule is Cn1c(-c2cccc(-n3o[nH]c4nc(Cl)cnc4o3)c2Cl)c(C(N)=O)c2ccccc21. The van der Waals surface area contributed by atoms with Gasteiger partial charge in [0.05, 0.1) is 22.5 Å². The lowest BCUT2D eigenvalue weighted by molar-refractivity contribution is 0.0714. The highest BCUT2D eigenvalue weighted by Crippen LogP contribution is 2.38. The Labute approximate surface area is 184 Å². The Morgan fingerprint density at radius 1 is 1.16 bits per heavy atom. The van der Waals surface area contributed by atoms with Crippen molar-refractivity contribution in [1.29, 1.82) is 0 Å². The van der Waals surface area contributed by atoms with E-state index < -0.39 is 5.91 Å². The zero-order valence-electron chi connectivity index (χ0n) is 16.0. The molecule has 0 aliphatic rings. The number of carbonyl (C=O) groups excluding carboxylic acids is 1. The normalized spacial score (nSPS) is 11.3. The number of aromatic nitrogens is 5. The summed E-state index contributed by atoms with van der Waals surface area (Å²) in [4.78, 5) is 21.5. The predicted octanol–water partition coefficient (Wildman–Crippen LogP) is 4.62. The maximum atomic E-state index is 12.4. The van der Waals surface area contributed by atoms with Crippen LogP contribution in [0.2, 0.25) is 10.2 Å². The summed E-state index contributed by atoms with van der Waals surface area (Å²) < 4.78 is 12.9. The fourth-order valence-electron chi connectivity index (χ4n) is 3.57. The lowest BCUT2D eigenvalue weighted by Gasteiger charge is -2.12. The molecule has 3 aromatic heterocycles. The number of rotatable bonds is 3. The number of benzene rings is 2. The van der Waals surface area contributed by atoms with E-state index in [4.69, 9.17) is 38.1 Å². The maximum Gasteiger partial charge on any atom is 0.296 e. The van der Waals surface area contributed by atoms with Gasteiger partial charge in [-0.2, -0.15) is 5.16 Å². The predicted molar refractivity (Wildman–Crippen MR) is 116 cm³/mol. The van der Waals surface area contributed by atoms with Crippen molar-refractivity contribution in [1.82, 2.24) is 24.6 Å². The second-order valence-corrected chi connectivity index (χ2v) is 7.46.